The molecule has 0 aliphatic rings. The van der Waals surface area contributed by atoms with Crippen LogP contribution in [0.15, 0.2) is 29.2 Å². The van der Waals surface area contributed by atoms with E-state index in [1.165, 1.54) is 12.1 Å². The van der Waals surface area contributed by atoms with Gasteiger partial charge in [0, 0.05) is 12.2 Å². The first kappa shape index (κ1) is 13.9. The van der Waals surface area contributed by atoms with Gasteiger partial charge in [0.2, 0.25) is 10.0 Å². The van der Waals surface area contributed by atoms with Gasteiger partial charge in [-0.25, -0.2) is 13.1 Å². The van der Waals surface area contributed by atoms with Crippen LogP contribution in [0.2, 0.25) is 0 Å². The van der Waals surface area contributed by atoms with Crippen molar-refractivity contribution in [2.45, 2.75) is 18.2 Å². The Labute approximate surface area is 106 Å². The van der Waals surface area contributed by atoms with E-state index in [2.05, 4.69) is 22.3 Å². The van der Waals surface area contributed by atoms with Gasteiger partial charge in [-0.2, -0.15) is 0 Å². The number of thiocarbonyl (C=S) groups is 1. The highest BCUT2D eigenvalue weighted by molar-refractivity contribution is 7.89. The van der Waals surface area contributed by atoms with Crippen LogP contribution in [0.5, 0.6) is 0 Å². The highest BCUT2D eigenvalue weighted by atomic mass is 32.2. The molecule has 4 N–H and O–H groups in total. The van der Waals surface area contributed by atoms with Crippen LogP contribution in [0, 0.1) is 0 Å². The van der Waals surface area contributed by atoms with E-state index in [9.17, 15) is 8.42 Å². The minimum absolute atomic E-state index is 0.143. The molecule has 94 valence electrons. The van der Waals surface area contributed by atoms with Gasteiger partial charge in [0.1, 0.15) is 0 Å². The Bertz CT molecular complexity index is 483. The number of nitrogens with one attached hydrogen (secondary N) is 2. The number of sulfonamides is 1. The van der Waals surface area contributed by atoms with Gasteiger partial charge in [-0.05, 0) is 42.9 Å². The molecule has 5 nitrogen and oxygen atoms in total. The fraction of sp³-hybridized carbons (Fsp3) is 0.300. The Kier molecular flexibility index (Phi) is 4.86. The molecule has 0 heterocycles. The molecule has 0 aliphatic heterocycles. The summed E-state index contributed by atoms with van der Waals surface area (Å²) >= 11 is 4.68. The molecule has 0 saturated heterocycles. The Hall–Kier alpha value is -1.18. The zero-order valence-corrected chi connectivity index (χ0v) is 11.1. The van der Waals surface area contributed by atoms with Crippen LogP contribution in [0.25, 0.3) is 0 Å². The third-order valence-corrected chi connectivity index (χ3v) is 3.55. The smallest absolute Gasteiger partial charge is 0.240 e. The minimum atomic E-state index is -3.41. The predicted octanol–water partition coefficient (Wildman–Crippen LogP) is 1.03. The molecule has 0 radical (unpaired) electrons. The van der Waals surface area contributed by atoms with Gasteiger partial charge in [0.15, 0.2) is 5.11 Å². The quantitative estimate of drug-likeness (QED) is 0.698. The lowest BCUT2D eigenvalue weighted by Gasteiger charge is -2.07. The number of anilines is 1. The third kappa shape index (κ3) is 4.29. The van der Waals surface area contributed by atoms with E-state index in [0.29, 0.717) is 12.2 Å². The summed E-state index contributed by atoms with van der Waals surface area (Å²) in [6.07, 6.45) is 0.750. The van der Waals surface area contributed by atoms with Crippen molar-refractivity contribution in [1.82, 2.24) is 4.72 Å². The van der Waals surface area contributed by atoms with Gasteiger partial charge in [-0.1, -0.05) is 6.92 Å². The molecule has 0 bridgehead atoms. The van der Waals surface area contributed by atoms with E-state index in [-0.39, 0.29) is 10.0 Å². The van der Waals surface area contributed by atoms with Crippen molar-refractivity contribution in [2.75, 3.05) is 11.9 Å². The van der Waals surface area contributed by atoms with Crippen LogP contribution < -0.4 is 15.8 Å². The topological polar surface area (TPSA) is 84.2 Å². The maximum atomic E-state index is 11.7. The highest BCUT2D eigenvalue weighted by Gasteiger charge is 2.12. The van der Waals surface area contributed by atoms with E-state index in [1.54, 1.807) is 12.1 Å². The van der Waals surface area contributed by atoms with E-state index in [0.717, 1.165) is 6.42 Å². The standard InChI is InChI=1S/C10H15N3O2S2/c1-2-7-12-17(14,15)9-5-3-8(4-6-9)13-10(11)16/h3-6,12H,2,7H2,1H3,(H3,11,13,16). The van der Waals surface area contributed by atoms with Crippen molar-refractivity contribution in [3.8, 4) is 0 Å². The minimum Gasteiger partial charge on any atom is -0.376 e. The average molecular weight is 273 g/mol. The fourth-order valence-corrected chi connectivity index (χ4v) is 2.43. The van der Waals surface area contributed by atoms with E-state index in [4.69, 9.17) is 5.73 Å². The summed E-state index contributed by atoms with van der Waals surface area (Å²) in [6.45, 7) is 2.33. The Balaban J connectivity index is 2.83. The molecule has 7 heteroatoms. The van der Waals surface area contributed by atoms with Gasteiger partial charge < -0.3 is 11.1 Å². The van der Waals surface area contributed by atoms with Crippen LogP contribution >= 0.6 is 12.2 Å². The molecular formula is C10H15N3O2S2. The SMILES string of the molecule is CCCNS(=O)(=O)c1ccc(NC(N)=S)cc1. The largest absolute Gasteiger partial charge is 0.376 e. The van der Waals surface area contributed by atoms with Crippen LogP contribution in [0.4, 0.5) is 5.69 Å². The fourth-order valence-electron chi connectivity index (χ4n) is 1.18. The van der Waals surface area contributed by atoms with Crippen LogP contribution in [-0.2, 0) is 10.0 Å². The van der Waals surface area contributed by atoms with E-state index in [1.807, 2.05) is 6.92 Å². The van der Waals surface area contributed by atoms with Crippen LogP contribution in [0.1, 0.15) is 13.3 Å². The van der Waals surface area contributed by atoms with Gasteiger partial charge in [-0.15, -0.1) is 0 Å². The molecule has 17 heavy (non-hydrogen) atoms. The van der Waals surface area contributed by atoms with Crippen molar-refractivity contribution in [3.63, 3.8) is 0 Å². The first-order valence-electron chi connectivity index (χ1n) is 5.12. The van der Waals surface area contributed by atoms with E-state index < -0.39 is 10.0 Å². The molecule has 0 fully saturated rings. The zero-order valence-electron chi connectivity index (χ0n) is 9.43. The van der Waals surface area contributed by atoms with E-state index >= 15 is 0 Å². The highest BCUT2D eigenvalue weighted by Crippen LogP contribution is 2.13. The molecule has 0 spiro atoms. The molecule has 0 aromatic heterocycles. The summed E-state index contributed by atoms with van der Waals surface area (Å²) in [5, 5.41) is 2.86. The monoisotopic (exact) mass is 273 g/mol. The molecule has 0 atom stereocenters. The van der Waals surface area contributed by atoms with Gasteiger partial charge in [-0.3, -0.25) is 0 Å². The summed E-state index contributed by atoms with van der Waals surface area (Å²) in [4.78, 5) is 0.222. The van der Waals surface area contributed by atoms with Crippen molar-refractivity contribution in [1.29, 1.82) is 0 Å². The first-order chi connectivity index (χ1) is 7.95. The van der Waals surface area contributed by atoms with Crippen molar-refractivity contribution < 1.29 is 8.42 Å². The zero-order chi connectivity index (χ0) is 12.9. The second kappa shape index (κ2) is 5.95. The maximum Gasteiger partial charge on any atom is 0.240 e. The number of benzene rings is 1. The number of nitrogens with two attached hydrogens (primary N) is 1. The third-order valence-electron chi connectivity index (χ3n) is 1.97. The number of hydrogen-bond donors (Lipinski definition) is 3. The van der Waals surface area contributed by atoms with Crippen LogP contribution in [-0.4, -0.2) is 20.1 Å². The molecule has 0 saturated carbocycles. The molecule has 1 aromatic rings. The summed E-state index contributed by atoms with van der Waals surface area (Å²) in [6, 6.07) is 6.22. The molecule has 0 aliphatic carbocycles. The van der Waals surface area contributed by atoms with Gasteiger partial charge >= 0.3 is 0 Å². The molecule has 0 unspecified atom stereocenters. The van der Waals surface area contributed by atoms with Crippen molar-refractivity contribution in [2.24, 2.45) is 5.73 Å². The Morgan fingerprint density at radius 2 is 1.94 bits per heavy atom. The second-order valence-electron chi connectivity index (χ2n) is 3.41. The van der Waals surface area contributed by atoms with Crippen molar-refractivity contribution >= 4 is 33.0 Å². The summed E-state index contributed by atoms with van der Waals surface area (Å²) in [5.74, 6) is 0. The second-order valence-corrected chi connectivity index (χ2v) is 5.62. The molecule has 0 amide bonds. The Morgan fingerprint density at radius 3 is 2.41 bits per heavy atom. The summed E-state index contributed by atoms with van der Waals surface area (Å²) in [7, 11) is -3.41. The number of rotatable bonds is 5. The van der Waals surface area contributed by atoms with Crippen molar-refractivity contribution in [3.05, 3.63) is 24.3 Å². The normalized spacial score (nSPS) is 11.1. The van der Waals surface area contributed by atoms with Crippen LogP contribution in [0.3, 0.4) is 0 Å². The van der Waals surface area contributed by atoms with Gasteiger partial charge in [0.05, 0.1) is 4.90 Å². The maximum absolute atomic E-state index is 11.7. The lowest BCUT2D eigenvalue weighted by Crippen LogP contribution is -2.24. The summed E-state index contributed by atoms with van der Waals surface area (Å²) < 4.78 is 26.0. The average Bonchev–Trinajstić information content (AvgIpc) is 2.26. The molecule has 1 aromatic carbocycles. The lowest BCUT2D eigenvalue weighted by atomic mass is 10.3. The first-order valence-corrected chi connectivity index (χ1v) is 7.01. The lowest BCUT2D eigenvalue weighted by molar-refractivity contribution is 0.581. The Morgan fingerprint density at radius 1 is 1.35 bits per heavy atom. The van der Waals surface area contributed by atoms with Gasteiger partial charge in [0.25, 0.3) is 0 Å². The predicted molar refractivity (Wildman–Crippen MR) is 72.3 cm³/mol. The number of hydrogen-bond acceptors (Lipinski definition) is 3. The summed E-state index contributed by atoms with van der Waals surface area (Å²) in [5.41, 5.74) is 5.96. The molecule has 1 rings (SSSR count). The molecular weight excluding hydrogens is 258 g/mol.